The van der Waals surface area contributed by atoms with Crippen LogP contribution in [0.3, 0.4) is 0 Å². The van der Waals surface area contributed by atoms with Gasteiger partial charge in [0.05, 0.1) is 24.3 Å². The van der Waals surface area contributed by atoms with Gasteiger partial charge in [-0.15, -0.1) is 0 Å². The zero-order valence-electron chi connectivity index (χ0n) is 8.42. The van der Waals surface area contributed by atoms with E-state index in [4.69, 9.17) is 0 Å². The molecule has 0 aromatic carbocycles. The fourth-order valence-electron chi connectivity index (χ4n) is 1.80. The summed E-state index contributed by atoms with van der Waals surface area (Å²) in [5.74, 6) is 0.257. The highest BCUT2D eigenvalue weighted by Crippen LogP contribution is 2.15. The van der Waals surface area contributed by atoms with Gasteiger partial charge in [0.25, 0.3) is 0 Å². The maximum atomic E-state index is 11.6. The molecule has 76 valence electrons. The molecular weight excluding hydrogens is 178 g/mol. The van der Waals surface area contributed by atoms with Crippen LogP contribution in [0.2, 0.25) is 0 Å². The van der Waals surface area contributed by atoms with E-state index in [2.05, 4.69) is 9.97 Å². The monoisotopic (exact) mass is 193 g/mol. The van der Waals surface area contributed by atoms with E-state index < -0.39 is 0 Å². The summed E-state index contributed by atoms with van der Waals surface area (Å²) in [6, 6.07) is 0. The largest absolute Gasteiger partial charge is 0.347 e. The standard InChI is InChI=1S/C10H15N3O/c1-2-3-10(14)13-5-4-8-9(6-13)12-7-11-8/h7H,2-6H2,1H3,(H,11,12). The number of rotatable bonds is 2. The van der Waals surface area contributed by atoms with E-state index in [9.17, 15) is 4.79 Å². The summed E-state index contributed by atoms with van der Waals surface area (Å²) in [7, 11) is 0. The molecule has 0 aliphatic carbocycles. The number of aromatic amines is 1. The molecular formula is C10H15N3O. The van der Waals surface area contributed by atoms with Crippen molar-refractivity contribution in [3.63, 3.8) is 0 Å². The molecule has 4 heteroatoms. The van der Waals surface area contributed by atoms with E-state index in [1.165, 1.54) is 0 Å². The lowest BCUT2D eigenvalue weighted by atomic mass is 10.1. The second-order valence-corrected chi connectivity index (χ2v) is 3.64. The third-order valence-electron chi connectivity index (χ3n) is 2.59. The van der Waals surface area contributed by atoms with Crippen LogP contribution in [0.4, 0.5) is 0 Å². The van der Waals surface area contributed by atoms with E-state index in [-0.39, 0.29) is 5.91 Å². The fourth-order valence-corrected chi connectivity index (χ4v) is 1.80. The first-order valence-electron chi connectivity index (χ1n) is 5.10. The normalized spacial score (nSPS) is 15.4. The zero-order valence-corrected chi connectivity index (χ0v) is 8.42. The Morgan fingerprint density at radius 3 is 3.36 bits per heavy atom. The molecule has 0 radical (unpaired) electrons. The molecule has 14 heavy (non-hydrogen) atoms. The predicted molar refractivity (Wildman–Crippen MR) is 52.6 cm³/mol. The van der Waals surface area contributed by atoms with Crippen molar-refractivity contribution in [3.8, 4) is 0 Å². The van der Waals surface area contributed by atoms with Crippen molar-refractivity contribution in [1.82, 2.24) is 14.9 Å². The molecule has 0 unspecified atom stereocenters. The molecule has 0 atom stereocenters. The molecule has 2 rings (SSSR count). The number of nitrogens with one attached hydrogen (secondary N) is 1. The Bertz CT molecular complexity index is 332. The number of amides is 1. The van der Waals surface area contributed by atoms with E-state index in [1.807, 2.05) is 11.8 Å². The van der Waals surface area contributed by atoms with Gasteiger partial charge in [0.1, 0.15) is 0 Å². The van der Waals surface area contributed by atoms with Crippen LogP contribution in [-0.4, -0.2) is 27.3 Å². The number of carbonyl (C=O) groups is 1. The van der Waals surface area contributed by atoms with Crippen LogP contribution in [-0.2, 0) is 17.8 Å². The van der Waals surface area contributed by atoms with Gasteiger partial charge >= 0.3 is 0 Å². The highest BCUT2D eigenvalue weighted by molar-refractivity contribution is 5.76. The molecule has 1 aromatic rings. The molecule has 0 spiro atoms. The first-order valence-corrected chi connectivity index (χ1v) is 5.10. The van der Waals surface area contributed by atoms with Gasteiger partial charge in [-0.3, -0.25) is 4.79 Å². The molecule has 1 amide bonds. The van der Waals surface area contributed by atoms with E-state index in [0.29, 0.717) is 13.0 Å². The van der Waals surface area contributed by atoms with Gasteiger partial charge in [0, 0.05) is 19.4 Å². The van der Waals surface area contributed by atoms with Crippen molar-refractivity contribution in [3.05, 3.63) is 17.7 Å². The number of hydrogen-bond donors (Lipinski definition) is 1. The Morgan fingerprint density at radius 1 is 1.71 bits per heavy atom. The van der Waals surface area contributed by atoms with Crippen molar-refractivity contribution >= 4 is 5.91 Å². The number of carbonyl (C=O) groups excluding carboxylic acids is 1. The summed E-state index contributed by atoms with van der Waals surface area (Å²) in [5, 5.41) is 0. The minimum absolute atomic E-state index is 0.257. The molecule has 0 saturated heterocycles. The second kappa shape index (κ2) is 3.82. The van der Waals surface area contributed by atoms with Crippen LogP contribution < -0.4 is 0 Å². The predicted octanol–water partition coefficient (Wildman–Crippen LogP) is 1.09. The molecule has 0 bridgehead atoms. The van der Waals surface area contributed by atoms with Crippen LogP contribution in [0.25, 0.3) is 0 Å². The summed E-state index contributed by atoms with van der Waals surface area (Å²) < 4.78 is 0. The molecule has 0 fully saturated rings. The lowest BCUT2D eigenvalue weighted by Crippen LogP contribution is -2.35. The third kappa shape index (κ3) is 1.64. The average Bonchev–Trinajstić information content (AvgIpc) is 2.64. The van der Waals surface area contributed by atoms with Crippen molar-refractivity contribution < 1.29 is 4.79 Å². The first kappa shape index (κ1) is 9.24. The maximum Gasteiger partial charge on any atom is 0.222 e. The third-order valence-corrected chi connectivity index (χ3v) is 2.59. The number of nitrogens with zero attached hydrogens (tertiary/aromatic N) is 2. The van der Waals surface area contributed by atoms with Crippen LogP contribution >= 0.6 is 0 Å². The average molecular weight is 193 g/mol. The Labute approximate surface area is 83.3 Å². The molecule has 4 nitrogen and oxygen atoms in total. The quantitative estimate of drug-likeness (QED) is 0.764. The second-order valence-electron chi connectivity index (χ2n) is 3.64. The molecule has 1 aliphatic rings. The van der Waals surface area contributed by atoms with Gasteiger partial charge in [-0.2, -0.15) is 0 Å². The summed E-state index contributed by atoms with van der Waals surface area (Å²) in [4.78, 5) is 20.8. The van der Waals surface area contributed by atoms with Crippen molar-refractivity contribution in [2.45, 2.75) is 32.7 Å². The highest BCUT2D eigenvalue weighted by atomic mass is 16.2. The van der Waals surface area contributed by atoms with E-state index in [1.54, 1.807) is 6.33 Å². The minimum atomic E-state index is 0.257. The van der Waals surface area contributed by atoms with Crippen LogP contribution in [0.15, 0.2) is 6.33 Å². The number of aromatic nitrogens is 2. The molecule has 1 aliphatic heterocycles. The molecule has 2 heterocycles. The van der Waals surface area contributed by atoms with Crippen LogP contribution in [0.1, 0.15) is 31.2 Å². The molecule has 1 N–H and O–H groups in total. The van der Waals surface area contributed by atoms with Crippen molar-refractivity contribution in [1.29, 1.82) is 0 Å². The molecule has 1 aromatic heterocycles. The summed E-state index contributed by atoms with van der Waals surface area (Å²) in [5.41, 5.74) is 2.21. The minimum Gasteiger partial charge on any atom is -0.347 e. The van der Waals surface area contributed by atoms with Gasteiger partial charge in [-0.1, -0.05) is 6.92 Å². The lowest BCUT2D eigenvalue weighted by Gasteiger charge is -2.26. The SMILES string of the molecule is CCCC(=O)N1CCc2nc[nH]c2C1. The van der Waals surface area contributed by atoms with Gasteiger partial charge < -0.3 is 9.88 Å². The Kier molecular flexibility index (Phi) is 2.52. The first-order chi connectivity index (χ1) is 6.81. The van der Waals surface area contributed by atoms with Gasteiger partial charge in [0.15, 0.2) is 0 Å². The van der Waals surface area contributed by atoms with Crippen molar-refractivity contribution in [2.75, 3.05) is 6.54 Å². The lowest BCUT2D eigenvalue weighted by molar-refractivity contribution is -0.132. The topological polar surface area (TPSA) is 49.0 Å². The number of fused-ring (bicyclic) bond motifs is 1. The number of hydrogen-bond acceptors (Lipinski definition) is 2. The summed E-state index contributed by atoms with van der Waals surface area (Å²) in [6.45, 7) is 3.55. The van der Waals surface area contributed by atoms with E-state index in [0.717, 1.165) is 30.8 Å². The van der Waals surface area contributed by atoms with Crippen LogP contribution in [0.5, 0.6) is 0 Å². The maximum absolute atomic E-state index is 11.6. The van der Waals surface area contributed by atoms with Crippen LogP contribution in [0, 0.1) is 0 Å². The number of H-pyrrole nitrogens is 1. The van der Waals surface area contributed by atoms with Gasteiger partial charge in [0.2, 0.25) is 5.91 Å². The zero-order chi connectivity index (χ0) is 9.97. The Balaban J connectivity index is 2.04. The summed E-state index contributed by atoms with van der Waals surface area (Å²) in [6.07, 6.45) is 4.17. The number of imidazole rings is 1. The van der Waals surface area contributed by atoms with Crippen molar-refractivity contribution in [2.24, 2.45) is 0 Å². The highest BCUT2D eigenvalue weighted by Gasteiger charge is 2.21. The molecule has 0 saturated carbocycles. The summed E-state index contributed by atoms with van der Waals surface area (Å²) >= 11 is 0. The van der Waals surface area contributed by atoms with E-state index >= 15 is 0 Å². The van der Waals surface area contributed by atoms with Gasteiger partial charge in [-0.05, 0) is 6.42 Å². The smallest absolute Gasteiger partial charge is 0.222 e. The Morgan fingerprint density at radius 2 is 2.57 bits per heavy atom. The Hall–Kier alpha value is -1.32. The fraction of sp³-hybridized carbons (Fsp3) is 0.600. The van der Waals surface area contributed by atoms with Gasteiger partial charge in [-0.25, -0.2) is 4.98 Å².